The van der Waals surface area contributed by atoms with E-state index >= 15 is 0 Å². The number of alkyl halides is 3. The number of rotatable bonds is 2. The van der Waals surface area contributed by atoms with Gasteiger partial charge in [0.15, 0.2) is 5.69 Å². The average molecular weight is 270 g/mol. The Morgan fingerprint density at radius 1 is 1.37 bits per heavy atom. The van der Waals surface area contributed by atoms with Gasteiger partial charge in [-0.1, -0.05) is 0 Å². The number of aromatic amines is 1. The van der Waals surface area contributed by atoms with Crippen molar-refractivity contribution in [3.8, 4) is 0 Å². The molecule has 0 aliphatic rings. The lowest BCUT2D eigenvalue weighted by Crippen LogP contribution is -2.20. The molecule has 0 unspecified atom stereocenters. The van der Waals surface area contributed by atoms with Gasteiger partial charge in [-0.2, -0.15) is 13.2 Å². The summed E-state index contributed by atoms with van der Waals surface area (Å²) in [5.41, 5.74) is -1.10. The number of halogens is 3. The number of H-pyrrole nitrogens is 1. The number of carbonyl (C=O) groups is 1. The van der Waals surface area contributed by atoms with Crippen molar-refractivity contribution in [2.45, 2.75) is 13.1 Å². The molecule has 0 bridgehead atoms. The molecule has 2 aromatic heterocycles. The molecule has 0 saturated carbocycles. The highest BCUT2D eigenvalue weighted by Gasteiger charge is 2.37. The Bertz CT molecular complexity index is 606. The highest BCUT2D eigenvalue weighted by atomic mass is 19.4. The number of hydrogen-bond donors (Lipinski definition) is 2. The largest absolute Gasteiger partial charge is 0.434 e. The number of amides is 1. The van der Waals surface area contributed by atoms with Gasteiger partial charge in [-0.25, -0.2) is 4.98 Å². The van der Waals surface area contributed by atoms with Crippen LogP contribution in [-0.2, 0) is 6.18 Å². The summed E-state index contributed by atoms with van der Waals surface area (Å²) < 4.78 is 38.1. The fourth-order valence-corrected chi connectivity index (χ4v) is 1.47. The van der Waals surface area contributed by atoms with Gasteiger partial charge in [0.1, 0.15) is 0 Å². The zero-order valence-electron chi connectivity index (χ0n) is 9.75. The molecule has 0 atom stereocenters. The highest BCUT2D eigenvalue weighted by molar-refractivity contribution is 6.04. The monoisotopic (exact) mass is 270 g/mol. The van der Waals surface area contributed by atoms with Gasteiger partial charge in [-0.05, 0) is 19.1 Å². The maximum atomic E-state index is 12.7. The van der Waals surface area contributed by atoms with Gasteiger partial charge < -0.3 is 4.98 Å². The third-order valence-corrected chi connectivity index (χ3v) is 2.26. The van der Waals surface area contributed by atoms with Crippen LogP contribution in [0, 0.1) is 6.92 Å². The molecule has 19 heavy (non-hydrogen) atoms. The van der Waals surface area contributed by atoms with Crippen LogP contribution >= 0.6 is 0 Å². The van der Waals surface area contributed by atoms with Crippen LogP contribution in [0.2, 0.25) is 0 Å². The first kappa shape index (κ1) is 13.1. The molecular weight excluding hydrogens is 261 g/mol. The molecule has 0 fully saturated rings. The minimum Gasteiger partial charge on any atom is -0.328 e. The third kappa shape index (κ3) is 2.90. The quantitative estimate of drug-likeness (QED) is 0.880. The summed E-state index contributed by atoms with van der Waals surface area (Å²) in [7, 11) is 0. The summed E-state index contributed by atoms with van der Waals surface area (Å²) in [5, 5.41) is 2.25. The van der Waals surface area contributed by atoms with E-state index < -0.39 is 23.3 Å². The van der Waals surface area contributed by atoms with Crippen LogP contribution in [0.1, 0.15) is 21.7 Å². The minimum absolute atomic E-state index is 0.0828. The SMILES string of the molecule is Cc1cnc(NC(=O)c2cccnc2C(F)(F)F)[nH]1. The van der Waals surface area contributed by atoms with Crippen LogP contribution in [0.3, 0.4) is 0 Å². The summed E-state index contributed by atoms with van der Waals surface area (Å²) in [4.78, 5) is 21.5. The first-order valence-electron chi connectivity index (χ1n) is 5.23. The van der Waals surface area contributed by atoms with E-state index in [0.29, 0.717) is 5.69 Å². The normalized spacial score (nSPS) is 11.4. The van der Waals surface area contributed by atoms with Crippen LogP contribution in [-0.4, -0.2) is 20.9 Å². The summed E-state index contributed by atoms with van der Waals surface area (Å²) in [6.45, 7) is 1.70. The number of nitrogens with zero attached hydrogens (tertiary/aromatic N) is 2. The molecule has 5 nitrogen and oxygen atoms in total. The molecule has 0 aliphatic carbocycles. The minimum atomic E-state index is -4.69. The Hall–Kier alpha value is -2.38. The highest BCUT2D eigenvalue weighted by Crippen LogP contribution is 2.30. The van der Waals surface area contributed by atoms with Crippen molar-refractivity contribution in [1.29, 1.82) is 0 Å². The number of anilines is 1. The van der Waals surface area contributed by atoms with E-state index in [9.17, 15) is 18.0 Å². The van der Waals surface area contributed by atoms with E-state index in [-0.39, 0.29) is 5.95 Å². The topological polar surface area (TPSA) is 70.7 Å². The Morgan fingerprint density at radius 3 is 2.68 bits per heavy atom. The fraction of sp³-hybridized carbons (Fsp3) is 0.182. The van der Waals surface area contributed by atoms with Crippen molar-refractivity contribution in [2.75, 3.05) is 5.32 Å². The van der Waals surface area contributed by atoms with Crippen molar-refractivity contribution in [3.63, 3.8) is 0 Å². The van der Waals surface area contributed by atoms with E-state index in [1.165, 1.54) is 12.3 Å². The maximum Gasteiger partial charge on any atom is 0.434 e. The predicted octanol–water partition coefficient (Wildman–Crippen LogP) is 2.38. The van der Waals surface area contributed by atoms with Gasteiger partial charge in [-0.3, -0.25) is 15.1 Å². The summed E-state index contributed by atoms with van der Waals surface area (Å²) in [5.74, 6) is -0.839. The predicted molar refractivity (Wildman–Crippen MR) is 60.5 cm³/mol. The van der Waals surface area contributed by atoms with Crippen LogP contribution < -0.4 is 5.32 Å². The molecular formula is C11H9F3N4O. The molecule has 2 heterocycles. The Balaban J connectivity index is 2.29. The molecule has 0 saturated heterocycles. The zero-order chi connectivity index (χ0) is 14.0. The average Bonchev–Trinajstić information content (AvgIpc) is 2.73. The molecule has 0 radical (unpaired) electrons. The standard InChI is InChI=1S/C11H9F3N4O/c1-6-5-16-10(17-6)18-9(19)7-3-2-4-15-8(7)11(12,13)14/h2-5H,1H3,(H2,16,17,18,19). The number of nitrogens with one attached hydrogen (secondary N) is 2. The molecule has 0 spiro atoms. The van der Waals surface area contributed by atoms with E-state index in [1.807, 2.05) is 0 Å². The second-order valence-electron chi connectivity index (χ2n) is 3.77. The number of aromatic nitrogens is 3. The molecule has 0 aliphatic heterocycles. The van der Waals surface area contributed by atoms with Gasteiger partial charge in [-0.15, -0.1) is 0 Å². The van der Waals surface area contributed by atoms with Crippen molar-refractivity contribution in [1.82, 2.24) is 15.0 Å². The third-order valence-electron chi connectivity index (χ3n) is 2.26. The second kappa shape index (κ2) is 4.71. The smallest absolute Gasteiger partial charge is 0.328 e. The Kier molecular flexibility index (Phi) is 3.24. The Morgan fingerprint density at radius 2 is 2.11 bits per heavy atom. The van der Waals surface area contributed by atoms with E-state index in [2.05, 4.69) is 20.3 Å². The number of pyridine rings is 1. The van der Waals surface area contributed by atoms with Gasteiger partial charge in [0.25, 0.3) is 5.91 Å². The number of hydrogen-bond acceptors (Lipinski definition) is 3. The van der Waals surface area contributed by atoms with Gasteiger partial charge in [0, 0.05) is 18.1 Å². The second-order valence-corrected chi connectivity index (χ2v) is 3.77. The van der Waals surface area contributed by atoms with Crippen LogP contribution in [0.25, 0.3) is 0 Å². The fourth-order valence-electron chi connectivity index (χ4n) is 1.47. The summed E-state index contributed by atoms with van der Waals surface area (Å²) in [6, 6.07) is 2.32. The molecule has 100 valence electrons. The van der Waals surface area contributed by atoms with Crippen LogP contribution in [0.5, 0.6) is 0 Å². The van der Waals surface area contributed by atoms with Gasteiger partial charge in [0.05, 0.1) is 5.56 Å². The molecule has 2 rings (SSSR count). The molecule has 8 heteroatoms. The number of aryl methyl sites for hydroxylation is 1. The lowest BCUT2D eigenvalue weighted by atomic mass is 10.2. The molecule has 1 amide bonds. The van der Waals surface area contributed by atoms with Crippen LogP contribution in [0.15, 0.2) is 24.5 Å². The number of carbonyl (C=O) groups excluding carboxylic acids is 1. The lowest BCUT2D eigenvalue weighted by Gasteiger charge is -2.10. The Labute approximate surface area is 105 Å². The summed E-state index contributed by atoms with van der Waals surface area (Å²) >= 11 is 0. The first-order valence-corrected chi connectivity index (χ1v) is 5.23. The van der Waals surface area contributed by atoms with E-state index in [1.54, 1.807) is 6.92 Å². The van der Waals surface area contributed by atoms with Crippen molar-refractivity contribution in [2.24, 2.45) is 0 Å². The van der Waals surface area contributed by atoms with Crippen molar-refractivity contribution in [3.05, 3.63) is 41.5 Å². The van der Waals surface area contributed by atoms with Crippen molar-refractivity contribution >= 4 is 11.9 Å². The molecule has 0 aromatic carbocycles. The number of imidazole rings is 1. The van der Waals surface area contributed by atoms with Gasteiger partial charge in [0.2, 0.25) is 5.95 Å². The zero-order valence-corrected chi connectivity index (χ0v) is 9.75. The summed E-state index contributed by atoms with van der Waals surface area (Å²) in [6.07, 6.45) is -2.26. The molecule has 2 N–H and O–H groups in total. The maximum absolute atomic E-state index is 12.7. The van der Waals surface area contributed by atoms with E-state index in [0.717, 1.165) is 12.3 Å². The molecule has 2 aromatic rings. The van der Waals surface area contributed by atoms with E-state index in [4.69, 9.17) is 0 Å². The first-order chi connectivity index (χ1) is 8.88. The van der Waals surface area contributed by atoms with Crippen LogP contribution in [0.4, 0.5) is 19.1 Å². The lowest BCUT2D eigenvalue weighted by molar-refractivity contribution is -0.141. The van der Waals surface area contributed by atoms with Gasteiger partial charge >= 0.3 is 6.18 Å². The van der Waals surface area contributed by atoms with Crippen molar-refractivity contribution < 1.29 is 18.0 Å².